The average Bonchev–Trinajstić information content (AvgIpc) is 2.27. The molecule has 1 aromatic rings. The van der Waals surface area contributed by atoms with Crippen LogP contribution < -0.4 is 5.73 Å². The summed E-state index contributed by atoms with van der Waals surface area (Å²) in [5.74, 6) is -0.386. The number of hydrogen-bond acceptors (Lipinski definition) is 2. The molecule has 0 fully saturated rings. The Labute approximate surface area is 89.7 Å². The van der Waals surface area contributed by atoms with Gasteiger partial charge >= 0.3 is 0 Å². The molecule has 1 aliphatic rings. The number of hydrogen-bond donors (Lipinski definition) is 1. The van der Waals surface area contributed by atoms with Gasteiger partial charge in [0, 0.05) is 5.69 Å². The Kier molecular flexibility index (Phi) is 2.71. The second-order valence-corrected chi connectivity index (χ2v) is 4.02. The Hall–Kier alpha value is -1.38. The van der Waals surface area contributed by atoms with Gasteiger partial charge in [-0.1, -0.05) is 6.92 Å². The molecule has 1 amide bonds. The number of amides is 1. The van der Waals surface area contributed by atoms with Gasteiger partial charge < -0.3 is 5.73 Å². The topological polar surface area (TPSA) is 56.0 Å². The molecule has 0 saturated heterocycles. The lowest BCUT2D eigenvalue weighted by molar-refractivity contribution is 0.0994. The minimum atomic E-state index is -0.386. The first-order chi connectivity index (χ1) is 7.22. The maximum Gasteiger partial charge on any atom is 0.267 e. The van der Waals surface area contributed by atoms with E-state index < -0.39 is 0 Å². The quantitative estimate of drug-likeness (QED) is 0.795. The van der Waals surface area contributed by atoms with Crippen molar-refractivity contribution in [2.45, 2.75) is 39.0 Å². The van der Waals surface area contributed by atoms with Gasteiger partial charge in [-0.15, -0.1) is 0 Å². The van der Waals surface area contributed by atoms with Gasteiger partial charge in [-0.05, 0) is 49.3 Å². The molecule has 2 N–H and O–H groups in total. The molecule has 1 aromatic heterocycles. The molecule has 1 aliphatic carbocycles. The fourth-order valence-electron chi connectivity index (χ4n) is 2.19. The summed E-state index contributed by atoms with van der Waals surface area (Å²) < 4.78 is 0. The summed E-state index contributed by atoms with van der Waals surface area (Å²) in [6, 6.07) is 2.13. The molecule has 80 valence electrons. The van der Waals surface area contributed by atoms with Crippen LogP contribution in [0.1, 0.15) is 47.1 Å². The molecular weight excluding hydrogens is 188 g/mol. The molecule has 0 unspecified atom stereocenters. The van der Waals surface area contributed by atoms with Crippen LogP contribution in [0.3, 0.4) is 0 Å². The molecule has 0 spiro atoms. The highest BCUT2D eigenvalue weighted by molar-refractivity contribution is 5.92. The van der Waals surface area contributed by atoms with Crippen molar-refractivity contribution in [2.75, 3.05) is 0 Å². The number of nitrogens with two attached hydrogens (primary N) is 1. The summed E-state index contributed by atoms with van der Waals surface area (Å²) in [7, 11) is 0. The Bertz CT molecular complexity index is 399. The Morgan fingerprint density at radius 2 is 2.20 bits per heavy atom. The first-order valence-electron chi connectivity index (χ1n) is 5.54. The maximum absolute atomic E-state index is 11.3. The van der Waals surface area contributed by atoms with Crippen molar-refractivity contribution in [3.05, 3.63) is 28.6 Å². The number of rotatable bonds is 2. The summed E-state index contributed by atoms with van der Waals surface area (Å²) in [4.78, 5) is 15.6. The normalized spacial score (nSPS) is 14.7. The van der Waals surface area contributed by atoms with E-state index in [1.165, 1.54) is 12.0 Å². The van der Waals surface area contributed by atoms with Crippen molar-refractivity contribution in [3.8, 4) is 0 Å². The molecule has 0 radical (unpaired) electrons. The van der Waals surface area contributed by atoms with Gasteiger partial charge in [-0.3, -0.25) is 4.79 Å². The minimum absolute atomic E-state index is 0.386. The van der Waals surface area contributed by atoms with Gasteiger partial charge in [0.25, 0.3) is 5.91 Å². The van der Waals surface area contributed by atoms with Crippen LogP contribution in [0.4, 0.5) is 0 Å². The summed E-state index contributed by atoms with van der Waals surface area (Å²) in [5.41, 5.74) is 9.21. The highest BCUT2D eigenvalue weighted by Crippen LogP contribution is 2.24. The van der Waals surface area contributed by atoms with Crippen LogP contribution >= 0.6 is 0 Å². The van der Waals surface area contributed by atoms with Gasteiger partial charge in [-0.2, -0.15) is 0 Å². The number of primary amides is 1. The maximum atomic E-state index is 11.3. The molecule has 15 heavy (non-hydrogen) atoms. The summed E-state index contributed by atoms with van der Waals surface area (Å²) in [6.07, 6.45) is 5.21. The number of carbonyl (C=O) groups excluding carboxylic acids is 1. The lowest BCUT2D eigenvalue weighted by atomic mass is 9.90. The third-order valence-electron chi connectivity index (χ3n) is 2.99. The molecule has 0 atom stereocenters. The van der Waals surface area contributed by atoms with Crippen LogP contribution in [0.25, 0.3) is 0 Å². The second kappa shape index (κ2) is 4.01. The standard InChI is InChI=1S/C12H16N2O/c1-2-9-7-8-5-3-4-6-10(8)11(14-9)12(13)15/h7H,2-6H2,1H3,(H2,13,15). The van der Waals surface area contributed by atoms with E-state index in [1.54, 1.807) is 0 Å². The van der Waals surface area contributed by atoms with Crippen LogP contribution in [0.5, 0.6) is 0 Å². The number of pyridine rings is 1. The van der Waals surface area contributed by atoms with Gasteiger partial charge in [0.05, 0.1) is 0 Å². The number of nitrogens with zero attached hydrogens (tertiary/aromatic N) is 1. The molecule has 3 heteroatoms. The van der Waals surface area contributed by atoms with E-state index in [9.17, 15) is 4.79 Å². The van der Waals surface area contributed by atoms with E-state index in [1.807, 2.05) is 6.92 Å². The average molecular weight is 204 g/mol. The molecule has 3 nitrogen and oxygen atoms in total. The third-order valence-corrected chi connectivity index (χ3v) is 2.99. The molecule has 2 rings (SSSR count). The molecular formula is C12H16N2O. The number of carbonyl (C=O) groups is 1. The molecule has 0 aromatic carbocycles. The van der Waals surface area contributed by atoms with Crippen LogP contribution in [0, 0.1) is 0 Å². The molecule has 0 saturated carbocycles. The zero-order valence-corrected chi connectivity index (χ0v) is 9.05. The highest BCUT2D eigenvalue weighted by Gasteiger charge is 2.18. The smallest absolute Gasteiger partial charge is 0.267 e. The monoisotopic (exact) mass is 204 g/mol. The van der Waals surface area contributed by atoms with Gasteiger partial charge in [0.2, 0.25) is 0 Å². The number of aromatic nitrogens is 1. The number of fused-ring (bicyclic) bond motifs is 1. The lowest BCUT2D eigenvalue weighted by Crippen LogP contribution is -2.20. The van der Waals surface area contributed by atoms with Crippen LogP contribution in [-0.4, -0.2) is 10.9 Å². The largest absolute Gasteiger partial charge is 0.364 e. The highest BCUT2D eigenvalue weighted by atomic mass is 16.1. The zero-order valence-electron chi connectivity index (χ0n) is 9.05. The van der Waals surface area contributed by atoms with Gasteiger partial charge in [0.15, 0.2) is 0 Å². The van der Waals surface area contributed by atoms with E-state index in [0.717, 1.165) is 36.9 Å². The first kappa shape index (κ1) is 10.1. The Morgan fingerprint density at radius 3 is 2.87 bits per heavy atom. The van der Waals surface area contributed by atoms with Gasteiger partial charge in [0.1, 0.15) is 5.69 Å². The van der Waals surface area contributed by atoms with E-state index in [0.29, 0.717) is 5.69 Å². The van der Waals surface area contributed by atoms with Crippen molar-refractivity contribution in [3.63, 3.8) is 0 Å². The first-order valence-corrected chi connectivity index (χ1v) is 5.54. The van der Waals surface area contributed by atoms with Crippen LogP contribution in [-0.2, 0) is 19.3 Å². The van der Waals surface area contributed by atoms with Crippen molar-refractivity contribution < 1.29 is 4.79 Å². The SMILES string of the molecule is CCc1cc2c(c(C(N)=O)n1)CCCC2. The fourth-order valence-corrected chi connectivity index (χ4v) is 2.19. The summed E-state index contributed by atoms with van der Waals surface area (Å²) >= 11 is 0. The van der Waals surface area contributed by atoms with Crippen LogP contribution in [0.15, 0.2) is 6.07 Å². The van der Waals surface area contributed by atoms with E-state index >= 15 is 0 Å². The third kappa shape index (κ3) is 1.87. The predicted molar refractivity (Wildman–Crippen MR) is 58.8 cm³/mol. The van der Waals surface area contributed by atoms with Gasteiger partial charge in [-0.25, -0.2) is 4.98 Å². The predicted octanol–water partition coefficient (Wildman–Crippen LogP) is 1.62. The minimum Gasteiger partial charge on any atom is -0.364 e. The zero-order chi connectivity index (χ0) is 10.8. The van der Waals surface area contributed by atoms with Crippen molar-refractivity contribution >= 4 is 5.91 Å². The molecule has 0 bridgehead atoms. The molecule has 1 heterocycles. The lowest BCUT2D eigenvalue weighted by Gasteiger charge is -2.18. The van der Waals surface area contributed by atoms with E-state index in [4.69, 9.17) is 5.73 Å². The number of aryl methyl sites for hydroxylation is 2. The molecule has 0 aliphatic heterocycles. The van der Waals surface area contributed by atoms with Crippen LogP contribution in [0.2, 0.25) is 0 Å². The summed E-state index contributed by atoms with van der Waals surface area (Å²) in [5, 5.41) is 0. The van der Waals surface area contributed by atoms with Crippen molar-refractivity contribution in [1.82, 2.24) is 4.98 Å². The Morgan fingerprint density at radius 1 is 1.47 bits per heavy atom. The Balaban J connectivity index is 2.55. The van der Waals surface area contributed by atoms with E-state index in [2.05, 4.69) is 11.1 Å². The fraction of sp³-hybridized carbons (Fsp3) is 0.500. The van der Waals surface area contributed by atoms with Crippen molar-refractivity contribution in [1.29, 1.82) is 0 Å². The summed E-state index contributed by atoms with van der Waals surface area (Å²) in [6.45, 7) is 2.04. The van der Waals surface area contributed by atoms with Crippen molar-refractivity contribution in [2.24, 2.45) is 5.73 Å². The second-order valence-electron chi connectivity index (χ2n) is 4.02. The van der Waals surface area contributed by atoms with E-state index in [-0.39, 0.29) is 5.91 Å².